The summed E-state index contributed by atoms with van der Waals surface area (Å²) < 4.78 is 12.6. The fraction of sp³-hybridized carbons (Fsp3) is 0.231. The average Bonchev–Trinajstić information content (AvgIpc) is 3.63. The predicted molar refractivity (Wildman–Crippen MR) is 193 cm³/mol. The molecular weight excluding hydrogens is 814 g/mol. The quantitative estimate of drug-likeness (QED) is 0.0907. The van der Waals surface area contributed by atoms with E-state index >= 15 is 0 Å². The molecule has 2 amide bonds. The molecule has 2 aliphatic rings. The third-order valence-corrected chi connectivity index (χ3v) is 7.16. The van der Waals surface area contributed by atoms with Crippen molar-refractivity contribution in [3.63, 3.8) is 0 Å². The van der Waals surface area contributed by atoms with Crippen LogP contribution in [0.15, 0.2) is 125 Å². The molecular formula is C39H41FIrN5O4-. The third kappa shape index (κ3) is 10.4. The Kier molecular flexibility index (Phi) is 16.8. The molecule has 0 fully saturated rings. The van der Waals surface area contributed by atoms with Crippen LogP contribution in [0.25, 0.3) is 11.3 Å². The number of halogens is 1. The van der Waals surface area contributed by atoms with Gasteiger partial charge >= 0.3 is 0 Å². The van der Waals surface area contributed by atoms with Gasteiger partial charge in [-0.05, 0) is 49.9 Å². The Labute approximate surface area is 306 Å². The van der Waals surface area contributed by atoms with E-state index in [1.165, 1.54) is 22.2 Å². The number of Topliss-reactive ketones (excluding diaryl/α,β-unsaturated/α-hetero) is 1. The fourth-order valence-electron chi connectivity index (χ4n) is 4.74. The number of aliphatic hydroxyl groups excluding tert-OH is 1. The number of nitrogens with zero attached hydrogens (tertiary/aromatic N) is 5. The first-order chi connectivity index (χ1) is 23.7. The molecule has 3 heterocycles. The molecule has 9 nitrogen and oxygen atoms in total. The molecule has 263 valence electrons. The van der Waals surface area contributed by atoms with E-state index in [1.807, 2.05) is 68.4 Å². The molecule has 50 heavy (non-hydrogen) atoms. The smallest absolute Gasteiger partial charge is 0.284 e. The van der Waals surface area contributed by atoms with Crippen molar-refractivity contribution in [1.82, 2.24) is 4.98 Å². The molecule has 6 rings (SSSR count). The van der Waals surface area contributed by atoms with Gasteiger partial charge in [0.2, 0.25) is 0 Å². The Balaban J connectivity index is 0.000000253. The number of hydrogen-bond acceptors (Lipinski definition) is 7. The molecule has 0 saturated carbocycles. The summed E-state index contributed by atoms with van der Waals surface area (Å²) in [6.07, 6.45) is 2.48. The van der Waals surface area contributed by atoms with E-state index < -0.39 is 5.92 Å². The molecule has 0 saturated heterocycles. The van der Waals surface area contributed by atoms with Crippen molar-refractivity contribution >= 4 is 40.4 Å². The molecule has 0 aliphatic carbocycles. The van der Waals surface area contributed by atoms with E-state index in [0.717, 1.165) is 11.3 Å². The summed E-state index contributed by atoms with van der Waals surface area (Å²) in [6.45, 7) is 11.0. The first-order valence-electron chi connectivity index (χ1n) is 16.1. The van der Waals surface area contributed by atoms with Gasteiger partial charge in [-0.3, -0.25) is 18.8 Å². The van der Waals surface area contributed by atoms with Gasteiger partial charge in [-0.1, -0.05) is 76.2 Å². The Morgan fingerprint density at radius 2 is 1.40 bits per heavy atom. The van der Waals surface area contributed by atoms with E-state index in [4.69, 9.17) is 0 Å². The van der Waals surface area contributed by atoms with Gasteiger partial charge in [-0.25, -0.2) is 0 Å². The van der Waals surface area contributed by atoms with Crippen molar-refractivity contribution in [2.45, 2.75) is 54.4 Å². The molecule has 1 unspecified atom stereocenters. The van der Waals surface area contributed by atoms with Crippen LogP contribution >= 0.6 is 0 Å². The number of allylic oxidation sites excluding steroid dienone is 1. The molecule has 0 spiro atoms. The SMILES string of the molecule is CC.CCC(=O)C1C(=O)N(c2ccccc2)N=C1C.CCC(O)=C1C(=O)N(c2ccccc2)N=C1C.Fc1c[c-]c(-c2ccccn2)cc1.[Ir]. The zero-order valence-corrected chi connectivity index (χ0v) is 31.3. The summed E-state index contributed by atoms with van der Waals surface area (Å²) in [6, 6.07) is 31.1. The average molecular weight is 855 g/mol. The number of anilines is 2. The molecule has 1 N–H and O–H groups in total. The summed E-state index contributed by atoms with van der Waals surface area (Å²) in [5, 5.41) is 20.7. The Hall–Kier alpha value is -5.12. The van der Waals surface area contributed by atoms with Crippen LogP contribution in [0.2, 0.25) is 0 Å². The van der Waals surface area contributed by atoms with Gasteiger partial charge < -0.3 is 10.1 Å². The summed E-state index contributed by atoms with van der Waals surface area (Å²) in [5.41, 5.74) is 4.46. The van der Waals surface area contributed by atoms with Crippen LogP contribution in [0.4, 0.5) is 15.8 Å². The van der Waals surface area contributed by atoms with Crippen molar-refractivity contribution in [2.75, 3.05) is 10.0 Å². The normalized spacial score (nSPS) is 15.5. The number of para-hydroxylation sites is 2. The second-order valence-corrected chi connectivity index (χ2v) is 10.4. The standard InChI is InChI=1S/2C13H14N2O2.C11H7FN.C2H6.Ir/c2*1-3-11(16)12-9(2)14-15(13(12)17)10-7-5-4-6-8-10;12-10-6-4-9(5-7-10)11-3-1-2-8-13-11;1-2;/h4-8,16H,3H2,1-2H3;4-8,12H,3H2,1-2H3;1-4,6-8H;1-2H3;/q;;-1;;. The van der Waals surface area contributed by atoms with Crippen LogP contribution < -0.4 is 10.0 Å². The molecule has 1 radical (unpaired) electrons. The van der Waals surface area contributed by atoms with Gasteiger partial charge in [0, 0.05) is 45.0 Å². The van der Waals surface area contributed by atoms with Crippen molar-refractivity contribution in [1.29, 1.82) is 0 Å². The molecule has 1 atom stereocenters. The van der Waals surface area contributed by atoms with E-state index in [-0.39, 0.29) is 49.3 Å². The van der Waals surface area contributed by atoms with Crippen molar-refractivity contribution < 1.29 is 44.0 Å². The van der Waals surface area contributed by atoms with Crippen molar-refractivity contribution in [3.8, 4) is 11.3 Å². The summed E-state index contributed by atoms with van der Waals surface area (Å²) in [4.78, 5) is 40.0. The molecule has 0 bridgehead atoms. The largest absolute Gasteiger partial charge is 0.511 e. The Morgan fingerprint density at radius 3 is 1.90 bits per heavy atom. The number of carbonyl (C=O) groups is 3. The number of aromatic nitrogens is 1. The number of rotatable bonds is 6. The zero-order valence-electron chi connectivity index (χ0n) is 28.9. The number of pyridine rings is 1. The van der Waals surface area contributed by atoms with Crippen molar-refractivity contribution in [3.05, 3.63) is 126 Å². The summed E-state index contributed by atoms with van der Waals surface area (Å²) in [5.74, 6) is -1.47. The van der Waals surface area contributed by atoms with Gasteiger partial charge in [0.15, 0.2) is 5.78 Å². The maximum absolute atomic E-state index is 12.6. The molecule has 4 aromatic rings. The Bertz CT molecular complexity index is 1800. The number of ketones is 1. The van der Waals surface area contributed by atoms with Gasteiger partial charge in [-0.15, -0.1) is 29.8 Å². The maximum atomic E-state index is 12.6. The van der Waals surface area contributed by atoms with Crippen LogP contribution in [0.5, 0.6) is 0 Å². The van der Waals surface area contributed by atoms with Gasteiger partial charge in [0.25, 0.3) is 11.8 Å². The number of aliphatic hydroxyl groups is 1. The van der Waals surface area contributed by atoms with Gasteiger partial charge in [0.1, 0.15) is 17.3 Å². The molecule has 1 aromatic heterocycles. The fourth-order valence-corrected chi connectivity index (χ4v) is 4.74. The van der Waals surface area contributed by atoms with Gasteiger partial charge in [0.05, 0.1) is 22.8 Å². The van der Waals surface area contributed by atoms with E-state index in [9.17, 15) is 23.9 Å². The second-order valence-electron chi connectivity index (χ2n) is 10.4. The number of amides is 2. The van der Waals surface area contributed by atoms with Crippen LogP contribution in [0, 0.1) is 17.8 Å². The number of hydrogen-bond donors (Lipinski definition) is 1. The minimum absolute atomic E-state index is 0. The molecule has 2 aliphatic heterocycles. The van der Waals surface area contributed by atoms with Crippen LogP contribution in [0.3, 0.4) is 0 Å². The van der Waals surface area contributed by atoms with E-state index in [2.05, 4.69) is 21.3 Å². The molecule has 3 aromatic carbocycles. The summed E-state index contributed by atoms with van der Waals surface area (Å²) >= 11 is 0. The Morgan fingerprint density at radius 1 is 0.820 bits per heavy atom. The van der Waals surface area contributed by atoms with Crippen molar-refractivity contribution in [2.24, 2.45) is 16.1 Å². The minimum atomic E-state index is -0.694. The number of benzene rings is 3. The summed E-state index contributed by atoms with van der Waals surface area (Å²) in [7, 11) is 0. The van der Waals surface area contributed by atoms with Crippen LogP contribution in [0.1, 0.15) is 54.4 Å². The maximum Gasteiger partial charge on any atom is 0.284 e. The second kappa shape index (κ2) is 20.4. The van der Waals surface area contributed by atoms with Crippen LogP contribution in [-0.2, 0) is 34.5 Å². The third-order valence-electron chi connectivity index (χ3n) is 7.16. The predicted octanol–water partition coefficient (Wildman–Crippen LogP) is 8.35. The number of carbonyl (C=O) groups excluding carboxylic acids is 3. The van der Waals surface area contributed by atoms with Crippen LogP contribution in [-0.4, -0.2) is 39.1 Å². The van der Waals surface area contributed by atoms with E-state index in [0.29, 0.717) is 41.2 Å². The number of hydrazone groups is 2. The van der Waals surface area contributed by atoms with Gasteiger partial charge in [-0.2, -0.15) is 20.2 Å². The van der Waals surface area contributed by atoms with E-state index in [1.54, 1.807) is 64.2 Å². The minimum Gasteiger partial charge on any atom is -0.511 e. The zero-order chi connectivity index (χ0) is 35.9. The first-order valence-corrected chi connectivity index (χ1v) is 16.1. The first kappa shape index (κ1) is 41.1. The molecule has 11 heteroatoms. The monoisotopic (exact) mass is 855 g/mol. The topological polar surface area (TPSA) is 116 Å².